The molecule has 1 heterocycles. The second kappa shape index (κ2) is 4.90. The van der Waals surface area contributed by atoms with E-state index in [2.05, 4.69) is 5.10 Å². The number of hydrogen-bond acceptors (Lipinski definition) is 3. The smallest absolute Gasteiger partial charge is 0.309 e. The number of nitriles is 1. The van der Waals surface area contributed by atoms with Gasteiger partial charge in [-0.2, -0.15) is 10.4 Å². The number of benzene rings is 1. The van der Waals surface area contributed by atoms with Crippen LogP contribution >= 0.6 is 11.6 Å². The normalized spacial score (nSPS) is 10.0. The average molecular weight is 262 g/mol. The van der Waals surface area contributed by atoms with Gasteiger partial charge in [-0.15, -0.1) is 0 Å². The fraction of sp³-hybridized carbons (Fsp3) is 0.0833. The highest BCUT2D eigenvalue weighted by atomic mass is 35.5. The number of halogens is 1. The summed E-state index contributed by atoms with van der Waals surface area (Å²) in [5, 5.41) is 21.9. The number of rotatable bonds is 3. The largest absolute Gasteiger partial charge is 0.481 e. The first-order valence-corrected chi connectivity index (χ1v) is 5.44. The SMILES string of the molecule is N#Cc1ccc(-n2ccc(CC(=O)O)n2)cc1Cl. The minimum absolute atomic E-state index is 0.128. The Morgan fingerprint density at radius 2 is 2.28 bits per heavy atom. The molecule has 90 valence electrons. The molecule has 0 aliphatic rings. The molecule has 2 aromatic rings. The summed E-state index contributed by atoms with van der Waals surface area (Å²) in [5.74, 6) is -0.932. The molecule has 0 amide bonds. The van der Waals surface area contributed by atoms with Gasteiger partial charge in [0.15, 0.2) is 0 Å². The molecule has 1 aromatic carbocycles. The lowest BCUT2D eigenvalue weighted by Crippen LogP contribution is -2.02. The minimum Gasteiger partial charge on any atom is -0.481 e. The number of carboxylic acid groups (broad SMARTS) is 1. The van der Waals surface area contributed by atoms with Crippen LogP contribution in [0.3, 0.4) is 0 Å². The molecule has 18 heavy (non-hydrogen) atoms. The first kappa shape index (κ1) is 12.1. The highest BCUT2D eigenvalue weighted by molar-refractivity contribution is 6.31. The second-order valence-corrected chi connectivity index (χ2v) is 4.01. The number of hydrogen-bond donors (Lipinski definition) is 1. The van der Waals surface area contributed by atoms with E-state index in [1.807, 2.05) is 6.07 Å². The van der Waals surface area contributed by atoms with Crippen LogP contribution in [0.1, 0.15) is 11.3 Å². The molecule has 1 N–H and O–H groups in total. The van der Waals surface area contributed by atoms with Crippen molar-refractivity contribution in [2.75, 3.05) is 0 Å². The molecule has 0 aliphatic carbocycles. The summed E-state index contributed by atoms with van der Waals surface area (Å²) in [4.78, 5) is 10.5. The minimum atomic E-state index is -0.932. The van der Waals surface area contributed by atoms with E-state index < -0.39 is 5.97 Å². The monoisotopic (exact) mass is 261 g/mol. The maximum absolute atomic E-state index is 10.5. The summed E-state index contributed by atoms with van der Waals surface area (Å²) in [6.45, 7) is 0. The van der Waals surface area contributed by atoms with Gasteiger partial charge in [0.25, 0.3) is 0 Å². The third-order valence-corrected chi connectivity index (χ3v) is 2.63. The Bertz CT molecular complexity index is 643. The molecule has 0 fully saturated rings. The van der Waals surface area contributed by atoms with Crippen LogP contribution in [0.4, 0.5) is 0 Å². The lowest BCUT2D eigenvalue weighted by molar-refractivity contribution is -0.136. The van der Waals surface area contributed by atoms with Gasteiger partial charge in [0, 0.05) is 6.20 Å². The van der Waals surface area contributed by atoms with E-state index in [0.29, 0.717) is 22.0 Å². The number of aromatic nitrogens is 2. The van der Waals surface area contributed by atoms with Crippen molar-refractivity contribution in [3.05, 3.63) is 46.7 Å². The lowest BCUT2D eigenvalue weighted by atomic mass is 10.2. The zero-order valence-corrected chi connectivity index (χ0v) is 9.92. The van der Waals surface area contributed by atoms with Crippen LogP contribution in [0.5, 0.6) is 0 Å². The quantitative estimate of drug-likeness (QED) is 0.917. The van der Waals surface area contributed by atoms with Gasteiger partial charge >= 0.3 is 5.97 Å². The van der Waals surface area contributed by atoms with E-state index in [4.69, 9.17) is 22.0 Å². The number of carbonyl (C=O) groups is 1. The number of nitrogens with zero attached hydrogens (tertiary/aromatic N) is 3. The molecular weight excluding hydrogens is 254 g/mol. The van der Waals surface area contributed by atoms with Crippen molar-refractivity contribution >= 4 is 17.6 Å². The van der Waals surface area contributed by atoms with Gasteiger partial charge in [0.05, 0.1) is 28.4 Å². The Morgan fingerprint density at radius 3 is 2.89 bits per heavy atom. The van der Waals surface area contributed by atoms with E-state index in [1.165, 1.54) is 4.68 Å². The van der Waals surface area contributed by atoms with E-state index in [9.17, 15) is 4.79 Å². The summed E-state index contributed by atoms with van der Waals surface area (Å²) in [5.41, 5.74) is 1.52. The third-order valence-electron chi connectivity index (χ3n) is 2.31. The third kappa shape index (κ3) is 2.50. The average Bonchev–Trinajstić information content (AvgIpc) is 2.76. The van der Waals surface area contributed by atoms with Crippen LogP contribution in [0.25, 0.3) is 5.69 Å². The van der Waals surface area contributed by atoms with Gasteiger partial charge in [-0.1, -0.05) is 11.6 Å². The van der Waals surface area contributed by atoms with Crippen LogP contribution in [0, 0.1) is 11.3 Å². The van der Waals surface area contributed by atoms with Gasteiger partial charge in [-0.25, -0.2) is 4.68 Å². The summed E-state index contributed by atoms with van der Waals surface area (Å²) in [6, 6.07) is 8.49. The summed E-state index contributed by atoms with van der Waals surface area (Å²) < 4.78 is 1.52. The van der Waals surface area contributed by atoms with E-state index in [-0.39, 0.29) is 6.42 Å². The molecular formula is C12H8ClN3O2. The first-order chi connectivity index (χ1) is 8.60. The zero-order chi connectivity index (χ0) is 13.1. The van der Waals surface area contributed by atoms with Crippen LogP contribution in [0.15, 0.2) is 30.5 Å². The first-order valence-electron chi connectivity index (χ1n) is 5.06. The van der Waals surface area contributed by atoms with Gasteiger partial charge in [-0.05, 0) is 24.3 Å². The van der Waals surface area contributed by atoms with E-state index in [0.717, 1.165) is 0 Å². The molecule has 0 aliphatic heterocycles. The Kier molecular flexibility index (Phi) is 3.31. The second-order valence-electron chi connectivity index (χ2n) is 3.60. The van der Waals surface area contributed by atoms with Crippen molar-refractivity contribution in [3.8, 4) is 11.8 Å². The van der Waals surface area contributed by atoms with Crippen LogP contribution in [-0.2, 0) is 11.2 Å². The van der Waals surface area contributed by atoms with Crippen LogP contribution in [-0.4, -0.2) is 20.9 Å². The highest BCUT2D eigenvalue weighted by Gasteiger charge is 2.07. The van der Waals surface area contributed by atoms with E-state index >= 15 is 0 Å². The molecule has 2 rings (SSSR count). The highest BCUT2D eigenvalue weighted by Crippen LogP contribution is 2.19. The van der Waals surface area contributed by atoms with Crippen LogP contribution < -0.4 is 0 Å². The van der Waals surface area contributed by atoms with E-state index in [1.54, 1.807) is 30.5 Å². The van der Waals surface area contributed by atoms with Gasteiger partial charge in [0.2, 0.25) is 0 Å². The summed E-state index contributed by atoms with van der Waals surface area (Å²) >= 11 is 5.91. The fourth-order valence-corrected chi connectivity index (χ4v) is 1.71. The Labute approximate surface area is 108 Å². The van der Waals surface area contributed by atoms with Gasteiger partial charge in [0.1, 0.15) is 6.07 Å². The Hall–Kier alpha value is -2.32. The van der Waals surface area contributed by atoms with Crippen molar-refractivity contribution in [2.45, 2.75) is 6.42 Å². The predicted octanol–water partition coefficient (Wildman–Crippen LogP) is 2.02. The molecule has 0 atom stereocenters. The molecule has 0 radical (unpaired) electrons. The zero-order valence-electron chi connectivity index (χ0n) is 9.17. The molecule has 0 spiro atoms. The summed E-state index contributed by atoms with van der Waals surface area (Å²) in [7, 11) is 0. The van der Waals surface area contributed by atoms with Gasteiger partial charge in [-0.3, -0.25) is 4.79 Å². The topological polar surface area (TPSA) is 78.9 Å². The van der Waals surface area contributed by atoms with Crippen LogP contribution in [0.2, 0.25) is 5.02 Å². The molecule has 5 nitrogen and oxygen atoms in total. The maximum atomic E-state index is 10.5. The summed E-state index contributed by atoms with van der Waals surface area (Å²) in [6.07, 6.45) is 1.52. The molecule has 0 unspecified atom stereocenters. The van der Waals surface area contributed by atoms with Crippen molar-refractivity contribution < 1.29 is 9.90 Å². The Balaban J connectivity index is 2.32. The standard InChI is InChI=1S/C12H8ClN3O2/c13-11-6-10(2-1-8(11)7-14)16-4-3-9(15-16)5-12(17)18/h1-4,6H,5H2,(H,17,18). The molecule has 0 saturated carbocycles. The predicted molar refractivity (Wildman–Crippen MR) is 64.6 cm³/mol. The fourth-order valence-electron chi connectivity index (χ4n) is 1.49. The molecule has 0 saturated heterocycles. The van der Waals surface area contributed by atoms with Crippen molar-refractivity contribution in [3.63, 3.8) is 0 Å². The number of carboxylic acids is 1. The molecule has 6 heteroatoms. The molecule has 1 aromatic heterocycles. The lowest BCUT2D eigenvalue weighted by Gasteiger charge is -2.02. The maximum Gasteiger partial charge on any atom is 0.309 e. The van der Waals surface area contributed by atoms with Crippen molar-refractivity contribution in [1.29, 1.82) is 5.26 Å². The van der Waals surface area contributed by atoms with Crippen molar-refractivity contribution in [2.24, 2.45) is 0 Å². The number of aliphatic carboxylic acids is 1. The molecule has 0 bridgehead atoms. The van der Waals surface area contributed by atoms with Crippen molar-refractivity contribution in [1.82, 2.24) is 9.78 Å². The van der Waals surface area contributed by atoms with Gasteiger partial charge < -0.3 is 5.11 Å². The Morgan fingerprint density at radius 1 is 1.50 bits per heavy atom.